The van der Waals surface area contributed by atoms with Crippen molar-refractivity contribution in [2.45, 2.75) is 36.1 Å². The molecule has 0 unspecified atom stereocenters. The van der Waals surface area contributed by atoms with Crippen molar-refractivity contribution in [1.82, 2.24) is 0 Å². The molecule has 0 bridgehead atoms. The van der Waals surface area contributed by atoms with Crippen LogP contribution in [0.2, 0.25) is 0 Å². The highest BCUT2D eigenvalue weighted by Gasteiger charge is 2.46. The molecule has 1 aliphatic rings. The van der Waals surface area contributed by atoms with Crippen LogP contribution < -0.4 is 5.32 Å². The normalized spacial score (nSPS) is 15.9. The van der Waals surface area contributed by atoms with E-state index in [0.717, 1.165) is 31.4 Å². The van der Waals surface area contributed by atoms with E-state index in [1.807, 2.05) is 0 Å². The Kier molecular flexibility index (Phi) is 4.61. The van der Waals surface area contributed by atoms with Crippen LogP contribution in [0.15, 0.2) is 40.8 Å². The molecule has 7 heteroatoms. The number of rotatable bonds is 5. The second kappa shape index (κ2) is 6.09. The number of benzene rings is 1. The maximum Gasteiger partial charge on any atom is 0.501 e. The molecule has 1 aromatic rings. The first-order valence-electron chi connectivity index (χ1n) is 6.64. The summed E-state index contributed by atoms with van der Waals surface area (Å²) in [5.41, 5.74) is -3.27. The number of alkyl halides is 3. The molecule has 0 radical (unpaired) electrons. The standard InChI is InChI=1S/C14H16F3NO2S/c15-14(16,17)21(19,20)13-7-5-12(6-8-13)18-10-9-11-3-1-2-4-11/h3,5-8,18H,1-2,4,9-10H2. The number of hydrogen-bond acceptors (Lipinski definition) is 3. The maximum absolute atomic E-state index is 12.4. The van der Waals surface area contributed by atoms with E-state index >= 15 is 0 Å². The van der Waals surface area contributed by atoms with Crippen molar-refractivity contribution in [3.8, 4) is 0 Å². The third-order valence-corrected chi connectivity index (χ3v) is 4.88. The Bertz CT molecular complexity index is 619. The van der Waals surface area contributed by atoms with E-state index in [1.165, 1.54) is 24.1 Å². The minimum Gasteiger partial charge on any atom is -0.385 e. The number of halogens is 3. The number of sulfone groups is 1. The van der Waals surface area contributed by atoms with E-state index in [1.54, 1.807) is 0 Å². The molecule has 1 aliphatic carbocycles. The van der Waals surface area contributed by atoms with Crippen molar-refractivity contribution in [2.75, 3.05) is 11.9 Å². The molecule has 0 saturated heterocycles. The van der Waals surface area contributed by atoms with Gasteiger partial charge in [-0.05, 0) is 49.9 Å². The Hall–Kier alpha value is -1.50. The Morgan fingerprint density at radius 2 is 1.81 bits per heavy atom. The lowest BCUT2D eigenvalue weighted by Crippen LogP contribution is -2.23. The molecular weight excluding hydrogens is 303 g/mol. The fourth-order valence-electron chi connectivity index (χ4n) is 2.22. The van der Waals surface area contributed by atoms with Gasteiger partial charge in [0.2, 0.25) is 0 Å². The van der Waals surface area contributed by atoms with Gasteiger partial charge in [0.05, 0.1) is 4.90 Å². The van der Waals surface area contributed by atoms with Crippen LogP contribution >= 0.6 is 0 Å². The molecule has 0 atom stereocenters. The summed E-state index contributed by atoms with van der Waals surface area (Å²) < 4.78 is 59.6. The van der Waals surface area contributed by atoms with Crippen molar-refractivity contribution >= 4 is 15.5 Å². The van der Waals surface area contributed by atoms with Gasteiger partial charge in [-0.15, -0.1) is 0 Å². The van der Waals surface area contributed by atoms with Crippen LogP contribution in [0.3, 0.4) is 0 Å². The fraction of sp³-hybridized carbons (Fsp3) is 0.429. The van der Waals surface area contributed by atoms with E-state index in [9.17, 15) is 21.6 Å². The molecule has 1 aromatic carbocycles. The van der Waals surface area contributed by atoms with Gasteiger partial charge in [0.1, 0.15) is 0 Å². The molecule has 3 nitrogen and oxygen atoms in total. The lowest BCUT2D eigenvalue weighted by atomic mass is 10.1. The molecule has 0 amide bonds. The van der Waals surface area contributed by atoms with Gasteiger partial charge in [-0.1, -0.05) is 11.6 Å². The molecule has 0 spiro atoms. The van der Waals surface area contributed by atoms with Crippen molar-refractivity contribution in [3.63, 3.8) is 0 Å². The molecule has 0 heterocycles. The molecule has 0 aromatic heterocycles. The zero-order chi connectivity index (χ0) is 15.5. The topological polar surface area (TPSA) is 46.2 Å². The van der Waals surface area contributed by atoms with E-state index in [4.69, 9.17) is 0 Å². The predicted molar refractivity (Wildman–Crippen MR) is 74.7 cm³/mol. The first-order valence-corrected chi connectivity index (χ1v) is 8.12. The summed E-state index contributed by atoms with van der Waals surface area (Å²) in [7, 11) is -5.26. The molecule has 0 fully saturated rings. The summed E-state index contributed by atoms with van der Waals surface area (Å²) in [6, 6.07) is 4.64. The van der Waals surface area contributed by atoms with Gasteiger partial charge in [0.15, 0.2) is 0 Å². The van der Waals surface area contributed by atoms with Gasteiger partial charge >= 0.3 is 5.51 Å². The highest BCUT2D eigenvalue weighted by atomic mass is 32.2. The third kappa shape index (κ3) is 3.78. The third-order valence-electron chi connectivity index (χ3n) is 3.38. The number of allylic oxidation sites excluding steroid dienone is 1. The van der Waals surface area contributed by atoms with Gasteiger partial charge in [0, 0.05) is 12.2 Å². The molecule has 116 valence electrons. The Morgan fingerprint density at radius 1 is 1.14 bits per heavy atom. The maximum atomic E-state index is 12.4. The molecule has 0 saturated carbocycles. The van der Waals surface area contributed by atoms with Crippen LogP contribution in [0.1, 0.15) is 25.7 Å². The van der Waals surface area contributed by atoms with Crippen LogP contribution in [0.25, 0.3) is 0 Å². The van der Waals surface area contributed by atoms with Crippen LogP contribution in [-0.4, -0.2) is 20.5 Å². The second-order valence-corrected chi connectivity index (χ2v) is 6.85. The van der Waals surface area contributed by atoms with Crippen LogP contribution in [-0.2, 0) is 9.84 Å². The van der Waals surface area contributed by atoms with Crippen LogP contribution in [0, 0.1) is 0 Å². The zero-order valence-electron chi connectivity index (χ0n) is 11.3. The number of anilines is 1. The van der Waals surface area contributed by atoms with E-state index in [2.05, 4.69) is 11.4 Å². The first kappa shape index (κ1) is 15.9. The van der Waals surface area contributed by atoms with Crippen molar-refractivity contribution in [1.29, 1.82) is 0 Å². The summed E-state index contributed by atoms with van der Waals surface area (Å²) in [6.07, 6.45) is 6.49. The average molecular weight is 319 g/mol. The van der Waals surface area contributed by atoms with Gasteiger partial charge in [-0.2, -0.15) is 13.2 Å². The quantitative estimate of drug-likeness (QED) is 0.838. The Labute approximate surface area is 121 Å². The first-order chi connectivity index (χ1) is 9.80. The summed E-state index contributed by atoms with van der Waals surface area (Å²) in [5, 5.41) is 3.07. The van der Waals surface area contributed by atoms with Crippen molar-refractivity contribution in [2.24, 2.45) is 0 Å². The number of nitrogens with one attached hydrogen (secondary N) is 1. The zero-order valence-corrected chi connectivity index (χ0v) is 12.1. The summed E-state index contributed by atoms with van der Waals surface area (Å²) in [6.45, 7) is 0.678. The Balaban J connectivity index is 1.96. The fourth-order valence-corrected chi connectivity index (χ4v) is 2.98. The SMILES string of the molecule is O=S(=O)(c1ccc(NCCC2=CCCC2)cc1)C(F)(F)F. The molecule has 0 aliphatic heterocycles. The lowest BCUT2D eigenvalue weighted by molar-refractivity contribution is -0.0436. The molecule has 21 heavy (non-hydrogen) atoms. The van der Waals surface area contributed by atoms with Crippen molar-refractivity contribution < 1.29 is 21.6 Å². The average Bonchev–Trinajstić information content (AvgIpc) is 2.91. The van der Waals surface area contributed by atoms with E-state index in [-0.39, 0.29) is 0 Å². The van der Waals surface area contributed by atoms with E-state index in [0.29, 0.717) is 12.2 Å². The summed E-state index contributed by atoms with van der Waals surface area (Å²) in [4.78, 5) is -0.737. The van der Waals surface area contributed by atoms with Crippen molar-refractivity contribution in [3.05, 3.63) is 35.9 Å². The smallest absolute Gasteiger partial charge is 0.385 e. The van der Waals surface area contributed by atoms with Gasteiger partial charge in [0.25, 0.3) is 9.84 Å². The number of hydrogen-bond donors (Lipinski definition) is 1. The summed E-state index contributed by atoms with van der Waals surface area (Å²) >= 11 is 0. The second-order valence-electron chi connectivity index (χ2n) is 4.90. The minimum atomic E-state index is -5.27. The predicted octanol–water partition coefficient (Wildman–Crippen LogP) is 3.89. The van der Waals surface area contributed by atoms with E-state index < -0.39 is 20.2 Å². The molecular formula is C14H16F3NO2S. The lowest BCUT2D eigenvalue weighted by Gasteiger charge is -2.10. The Morgan fingerprint density at radius 3 is 2.33 bits per heavy atom. The van der Waals surface area contributed by atoms with Gasteiger partial charge in [-0.3, -0.25) is 0 Å². The highest BCUT2D eigenvalue weighted by Crippen LogP contribution is 2.30. The van der Waals surface area contributed by atoms with Gasteiger partial charge < -0.3 is 5.32 Å². The van der Waals surface area contributed by atoms with Gasteiger partial charge in [-0.25, -0.2) is 8.42 Å². The van der Waals surface area contributed by atoms with Crippen LogP contribution in [0.4, 0.5) is 18.9 Å². The monoisotopic (exact) mass is 319 g/mol. The van der Waals surface area contributed by atoms with Crippen LogP contribution in [0.5, 0.6) is 0 Å². The largest absolute Gasteiger partial charge is 0.501 e. The summed E-state index contributed by atoms with van der Waals surface area (Å²) in [5.74, 6) is 0. The molecule has 2 rings (SSSR count). The highest BCUT2D eigenvalue weighted by molar-refractivity contribution is 7.92. The minimum absolute atomic E-state index is 0.606. The molecule has 1 N–H and O–H groups in total.